The molecule has 1 N–H and O–H groups in total. The van der Waals surface area contributed by atoms with Crippen LogP contribution in [0.25, 0.3) is 0 Å². The Balaban J connectivity index is 1.54. The van der Waals surface area contributed by atoms with Crippen molar-refractivity contribution in [2.45, 2.75) is 19.4 Å². The topological polar surface area (TPSA) is 52.7 Å². The van der Waals surface area contributed by atoms with Crippen molar-refractivity contribution in [2.24, 2.45) is 5.41 Å². The maximum atomic E-state index is 11.9. The van der Waals surface area contributed by atoms with Crippen LogP contribution in [-0.4, -0.2) is 54.3 Å². The fourth-order valence-corrected chi connectivity index (χ4v) is 4.00. The molecule has 2 saturated heterocycles. The lowest BCUT2D eigenvalue weighted by atomic mass is 9.86. The van der Waals surface area contributed by atoms with Gasteiger partial charge in [0.1, 0.15) is 0 Å². The molecule has 2 fully saturated rings. The van der Waals surface area contributed by atoms with Gasteiger partial charge in [-0.1, -0.05) is 24.6 Å². The fourth-order valence-electron chi connectivity index (χ4n) is 4.00. The molecule has 2 aliphatic rings. The number of benzene rings is 1. The second-order valence-corrected chi connectivity index (χ2v) is 7.26. The van der Waals surface area contributed by atoms with Crippen LogP contribution >= 0.6 is 0 Å². The molecule has 3 rings (SSSR count). The van der Waals surface area contributed by atoms with Crippen LogP contribution in [0.5, 0.6) is 0 Å². The molecule has 2 amide bonds. The number of rotatable bonds is 5. The first-order valence-corrected chi connectivity index (χ1v) is 8.99. The molecule has 1 unspecified atom stereocenters. The molecular weight excluding hydrogens is 326 g/mol. The minimum atomic E-state index is -0.146. The first kappa shape index (κ1) is 18.2. The number of nitrogens with one attached hydrogen (secondary N) is 1. The molecule has 0 saturated carbocycles. The van der Waals surface area contributed by atoms with Crippen molar-refractivity contribution in [2.75, 3.05) is 32.7 Å². The lowest BCUT2D eigenvalue weighted by molar-refractivity contribution is -0.125. The van der Waals surface area contributed by atoms with Gasteiger partial charge < -0.3 is 10.2 Å². The molecule has 1 aromatic rings. The number of likely N-dealkylation sites (tertiary alicyclic amines) is 2. The highest BCUT2D eigenvalue weighted by atomic mass is 16.2. The van der Waals surface area contributed by atoms with Crippen LogP contribution in [0.15, 0.2) is 36.9 Å². The van der Waals surface area contributed by atoms with Crippen molar-refractivity contribution in [3.8, 4) is 12.3 Å². The predicted octanol–water partition coefficient (Wildman–Crippen LogP) is 1.66. The molecule has 1 atom stereocenters. The number of carbonyl (C=O) groups excluding carboxylic acids is 2. The Morgan fingerprint density at radius 1 is 1.23 bits per heavy atom. The van der Waals surface area contributed by atoms with Crippen molar-refractivity contribution >= 4 is 11.8 Å². The summed E-state index contributed by atoms with van der Waals surface area (Å²) in [4.78, 5) is 28.1. The first-order chi connectivity index (χ1) is 12.5. The van der Waals surface area contributed by atoms with E-state index in [4.69, 9.17) is 6.42 Å². The lowest BCUT2D eigenvalue weighted by Crippen LogP contribution is -2.33. The fraction of sp³-hybridized carbons (Fsp3) is 0.429. The number of carbonyl (C=O) groups is 2. The van der Waals surface area contributed by atoms with E-state index in [1.165, 1.54) is 11.6 Å². The Morgan fingerprint density at radius 3 is 2.65 bits per heavy atom. The maximum Gasteiger partial charge on any atom is 0.252 e. The summed E-state index contributed by atoms with van der Waals surface area (Å²) in [5.41, 5.74) is 2.04. The van der Waals surface area contributed by atoms with E-state index in [-0.39, 0.29) is 23.8 Å². The van der Waals surface area contributed by atoms with Crippen LogP contribution in [0.4, 0.5) is 0 Å². The Labute approximate surface area is 155 Å². The van der Waals surface area contributed by atoms with Gasteiger partial charge in [-0.3, -0.25) is 14.5 Å². The zero-order chi connectivity index (χ0) is 18.6. The maximum absolute atomic E-state index is 11.9. The number of amides is 2. The number of terminal acetylenes is 1. The third-order valence-corrected chi connectivity index (χ3v) is 5.42. The van der Waals surface area contributed by atoms with E-state index in [0.29, 0.717) is 5.56 Å². The zero-order valence-electron chi connectivity index (χ0n) is 15.0. The molecule has 0 aliphatic carbocycles. The molecule has 5 heteroatoms. The van der Waals surface area contributed by atoms with E-state index < -0.39 is 0 Å². The Morgan fingerprint density at radius 2 is 1.96 bits per heavy atom. The molecule has 0 bridgehead atoms. The minimum Gasteiger partial charge on any atom is -0.341 e. The number of hydrogen-bond donors (Lipinski definition) is 1. The summed E-state index contributed by atoms with van der Waals surface area (Å²) in [6, 6.07) is 7.68. The van der Waals surface area contributed by atoms with E-state index in [2.05, 4.69) is 22.7 Å². The van der Waals surface area contributed by atoms with Crippen LogP contribution in [0.3, 0.4) is 0 Å². The van der Waals surface area contributed by atoms with Gasteiger partial charge in [0.15, 0.2) is 0 Å². The van der Waals surface area contributed by atoms with Crippen LogP contribution < -0.4 is 5.32 Å². The Kier molecular flexibility index (Phi) is 5.43. The van der Waals surface area contributed by atoms with Crippen molar-refractivity contribution in [3.05, 3.63) is 48.0 Å². The minimum absolute atomic E-state index is 0.0408. The van der Waals surface area contributed by atoms with Crippen LogP contribution in [0.1, 0.15) is 28.8 Å². The van der Waals surface area contributed by atoms with E-state index >= 15 is 0 Å². The highest BCUT2D eigenvalue weighted by molar-refractivity contribution is 5.94. The largest absolute Gasteiger partial charge is 0.341 e. The quantitative estimate of drug-likeness (QED) is 0.648. The van der Waals surface area contributed by atoms with Crippen LogP contribution in [0.2, 0.25) is 0 Å². The standard InChI is InChI=1S/C21H25N3O2/c1-3-11-22-20(26)18-7-5-17(6-8-18)14-23-12-9-21(15-23)10-13-24(16-21)19(25)4-2/h1,4-8H,2,9-16H2,(H,22,26). The molecular formula is C21H25N3O2. The summed E-state index contributed by atoms with van der Waals surface area (Å²) in [5.74, 6) is 2.29. The molecule has 1 aromatic carbocycles. The molecule has 0 radical (unpaired) electrons. The first-order valence-electron chi connectivity index (χ1n) is 8.99. The predicted molar refractivity (Wildman–Crippen MR) is 101 cm³/mol. The van der Waals surface area contributed by atoms with Crippen LogP contribution in [-0.2, 0) is 11.3 Å². The van der Waals surface area contributed by atoms with Gasteiger partial charge in [0.2, 0.25) is 5.91 Å². The van der Waals surface area contributed by atoms with E-state index in [9.17, 15) is 9.59 Å². The van der Waals surface area contributed by atoms with Gasteiger partial charge in [-0.15, -0.1) is 6.42 Å². The van der Waals surface area contributed by atoms with Gasteiger partial charge in [-0.2, -0.15) is 0 Å². The van der Waals surface area contributed by atoms with Gasteiger partial charge in [0, 0.05) is 37.2 Å². The smallest absolute Gasteiger partial charge is 0.252 e. The summed E-state index contributed by atoms with van der Waals surface area (Å²) in [6.07, 6.45) is 8.76. The normalized spacial score (nSPS) is 22.3. The van der Waals surface area contributed by atoms with E-state index in [0.717, 1.165) is 45.6 Å². The molecule has 1 spiro atoms. The van der Waals surface area contributed by atoms with Gasteiger partial charge in [0.05, 0.1) is 6.54 Å². The van der Waals surface area contributed by atoms with Crippen molar-refractivity contribution < 1.29 is 9.59 Å². The SMILES string of the molecule is C#CCNC(=O)c1ccc(CN2CCC3(CCN(C(=O)C=C)C3)C2)cc1. The summed E-state index contributed by atoms with van der Waals surface area (Å²) in [6.45, 7) is 8.41. The summed E-state index contributed by atoms with van der Waals surface area (Å²) >= 11 is 0. The average Bonchev–Trinajstić information content (AvgIpc) is 3.26. The molecule has 2 aliphatic heterocycles. The van der Waals surface area contributed by atoms with Gasteiger partial charge in [0.25, 0.3) is 5.91 Å². The second kappa shape index (κ2) is 7.76. The second-order valence-electron chi connectivity index (χ2n) is 7.26. The van der Waals surface area contributed by atoms with E-state index in [1.54, 1.807) is 0 Å². The van der Waals surface area contributed by atoms with Crippen molar-refractivity contribution in [1.29, 1.82) is 0 Å². The molecule has 26 heavy (non-hydrogen) atoms. The zero-order valence-corrected chi connectivity index (χ0v) is 15.0. The molecule has 0 aromatic heterocycles. The highest BCUT2D eigenvalue weighted by Gasteiger charge is 2.44. The lowest BCUT2D eigenvalue weighted by Gasteiger charge is -2.24. The highest BCUT2D eigenvalue weighted by Crippen LogP contribution is 2.40. The average molecular weight is 351 g/mol. The van der Waals surface area contributed by atoms with Gasteiger partial charge >= 0.3 is 0 Å². The summed E-state index contributed by atoms with van der Waals surface area (Å²) in [7, 11) is 0. The third-order valence-electron chi connectivity index (χ3n) is 5.42. The summed E-state index contributed by atoms with van der Waals surface area (Å²) in [5, 5.41) is 2.67. The summed E-state index contributed by atoms with van der Waals surface area (Å²) < 4.78 is 0. The molecule has 2 heterocycles. The van der Waals surface area contributed by atoms with Gasteiger partial charge in [-0.25, -0.2) is 0 Å². The third kappa shape index (κ3) is 3.97. The van der Waals surface area contributed by atoms with E-state index in [1.807, 2.05) is 29.2 Å². The number of hydrogen-bond acceptors (Lipinski definition) is 3. The Hall–Kier alpha value is -2.58. The monoisotopic (exact) mass is 351 g/mol. The van der Waals surface area contributed by atoms with Crippen molar-refractivity contribution in [1.82, 2.24) is 15.1 Å². The molecule has 136 valence electrons. The van der Waals surface area contributed by atoms with Crippen molar-refractivity contribution in [3.63, 3.8) is 0 Å². The number of nitrogens with zero attached hydrogens (tertiary/aromatic N) is 2. The van der Waals surface area contributed by atoms with Gasteiger partial charge in [-0.05, 0) is 43.2 Å². The Bertz CT molecular complexity index is 735. The van der Waals surface area contributed by atoms with Crippen LogP contribution in [0, 0.1) is 17.8 Å². The molecule has 5 nitrogen and oxygen atoms in total.